The third-order valence-electron chi connectivity index (χ3n) is 6.79. The van der Waals surface area contributed by atoms with Crippen molar-refractivity contribution < 1.29 is 9.47 Å². The van der Waals surface area contributed by atoms with E-state index in [1.54, 1.807) is 32.1 Å². The average Bonchev–Trinajstić information content (AvgIpc) is 3.42. The Bertz CT molecular complexity index is 1820. The van der Waals surface area contributed by atoms with Crippen LogP contribution in [0.4, 0.5) is 5.69 Å². The summed E-state index contributed by atoms with van der Waals surface area (Å²) in [4.78, 5) is 26.9. The molecule has 2 aromatic carbocycles. The van der Waals surface area contributed by atoms with Crippen molar-refractivity contribution in [3.8, 4) is 11.5 Å². The van der Waals surface area contributed by atoms with Crippen molar-refractivity contribution in [1.82, 2.24) is 29.9 Å². The first-order chi connectivity index (χ1) is 23.8. The van der Waals surface area contributed by atoms with Crippen molar-refractivity contribution in [1.29, 1.82) is 0 Å². The Morgan fingerprint density at radius 3 is 1.90 bits per heavy atom. The fraction of sp³-hybridized carbons (Fsp3) is 0.314. The van der Waals surface area contributed by atoms with E-state index in [2.05, 4.69) is 48.7 Å². The van der Waals surface area contributed by atoms with E-state index in [0.29, 0.717) is 23.3 Å². The van der Waals surface area contributed by atoms with E-state index >= 15 is 0 Å². The number of unbranched alkanes of at least 4 members (excludes halogenated alkanes) is 2. The van der Waals surface area contributed by atoms with Gasteiger partial charge < -0.3 is 14.4 Å². The quantitative estimate of drug-likeness (QED) is 0.115. The highest BCUT2D eigenvalue weighted by Gasteiger charge is 2.28. The molecule has 0 saturated carbocycles. The third-order valence-corrected chi connectivity index (χ3v) is 7.81. The van der Waals surface area contributed by atoms with Crippen LogP contribution < -0.4 is 14.4 Å². The van der Waals surface area contributed by atoms with E-state index in [-0.39, 0.29) is 11.6 Å². The maximum atomic E-state index is 5.87. The highest BCUT2D eigenvalue weighted by Crippen LogP contribution is 2.39. The van der Waals surface area contributed by atoms with Gasteiger partial charge >= 0.3 is 0 Å². The van der Waals surface area contributed by atoms with Crippen LogP contribution in [0.25, 0.3) is 18.2 Å². The summed E-state index contributed by atoms with van der Waals surface area (Å²) in [5, 5.41) is 0. The van der Waals surface area contributed by atoms with Gasteiger partial charge in [-0.25, -0.2) is 29.9 Å². The number of hydrogen-bond donors (Lipinski definition) is 0. The number of fused-ring (bicyclic) bond motifs is 1. The van der Waals surface area contributed by atoms with E-state index in [1.165, 1.54) is 12.8 Å². The van der Waals surface area contributed by atoms with Crippen LogP contribution in [0.3, 0.4) is 0 Å². The Morgan fingerprint density at radius 1 is 0.720 bits per heavy atom. The van der Waals surface area contributed by atoms with Crippen molar-refractivity contribution in [2.75, 3.05) is 18.1 Å². The first-order valence-electron chi connectivity index (χ1n) is 15.7. The number of alkyl halides is 6. The van der Waals surface area contributed by atoms with Crippen LogP contribution in [-0.4, -0.2) is 43.1 Å². The highest BCUT2D eigenvalue weighted by atomic mass is 35.6. The predicted molar refractivity (Wildman–Crippen MR) is 205 cm³/mol. The van der Waals surface area contributed by atoms with Gasteiger partial charge in [0, 0.05) is 6.54 Å². The molecule has 264 valence electrons. The van der Waals surface area contributed by atoms with Gasteiger partial charge in [0.15, 0.2) is 29.0 Å². The zero-order chi connectivity index (χ0) is 36.3. The fourth-order valence-electron chi connectivity index (χ4n) is 4.52. The molecule has 0 aliphatic carbocycles. The second-order valence-corrected chi connectivity index (χ2v) is 15.3. The first kappa shape index (κ1) is 39.6. The van der Waals surface area contributed by atoms with Gasteiger partial charge in [-0.05, 0) is 75.2 Å². The molecule has 0 amide bonds. The molecule has 0 atom stereocenters. The summed E-state index contributed by atoms with van der Waals surface area (Å²) >= 11 is 35.1. The largest absolute Gasteiger partial charge is 0.494 e. The van der Waals surface area contributed by atoms with Gasteiger partial charge in [-0.15, -0.1) is 0 Å². The third kappa shape index (κ3) is 12.0. The minimum atomic E-state index is -1.69. The molecule has 0 N–H and O–H groups in total. The van der Waals surface area contributed by atoms with E-state index in [0.717, 1.165) is 48.2 Å². The van der Waals surface area contributed by atoms with Crippen LogP contribution in [0, 0.1) is 13.8 Å². The Balaban J connectivity index is 0.000000225. The molecular formula is C35H35Cl6N7O2. The highest BCUT2D eigenvalue weighted by molar-refractivity contribution is 6.67. The average molecular weight is 798 g/mol. The zero-order valence-electron chi connectivity index (χ0n) is 27.8. The molecule has 50 heavy (non-hydrogen) atoms. The predicted octanol–water partition coefficient (Wildman–Crippen LogP) is 10.5. The molecular weight excluding hydrogens is 763 g/mol. The molecule has 0 unspecified atom stereocenters. The van der Waals surface area contributed by atoms with E-state index in [1.807, 2.05) is 60.7 Å². The number of allylic oxidation sites excluding steroid dienone is 2. The molecule has 9 nitrogen and oxygen atoms in total. The van der Waals surface area contributed by atoms with Crippen LogP contribution in [0.5, 0.6) is 11.5 Å². The normalized spacial score (nSPS) is 13.8. The van der Waals surface area contributed by atoms with Crippen LogP contribution in [0.1, 0.15) is 73.6 Å². The number of nitrogens with zero attached hydrogens (tertiary/aromatic N) is 7. The maximum absolute atomic E-state index is 5.87. The molecule has 1 aliphatic rings. The van der Waals surface area contributed by atoms with Gasteiger partial charge in [-0.2, -0.15) is 0 Å². The van der Waals surface area contributed by atoms with E-state index in [4.69, 9.17) is 79.1 Å². The standard InChI is InChI=1S/C18H20Cl3N3O.C17H15Cl3N4O/c1-3-4-5-12-25-15-9-6-14(7-10-15)8-11-16-22-13(2)23-17(24-16)18(19,20)21;1-3-24-12-7-4-5-8-13(12)25-15(24)10-6-9-14-21-11(2)22-16(23-14)17(18,19)20/h6-11H,3-5,12H2,1-2H3;4-10H,3H2,1-2H3. The van der Waals surface area contributed by atoms with Crippen molar-refractivity contribution in [3.05, 3.63) is 107 Å². The summed E-state index contributed by atoms with van der Waals surface area (Å²) in [6.45, 7) is 9.21. The molecule has 3 heterocycles. The lowest BCUT2D eigenvalue weighted by Gasteiger charge is -2.14. The minimum Gasteiger partial charge on any atom is -0.494 e. The van der Waals surface area contributed by atoms with Crippen molar-refractivity contribution in [2.24, 2.45) is 0 Å². The number of benzene rings is 2. The van der Waals surface area contributed by atoms with E-state index < -0.39 is 7.59 Å². The van der Waals surface area contributed by atoms with Gasteiger partial charge in [-0.3, -0.25) is 0 Å². The second-order valence-electron chi connectivity index (χ2n) is 10.8. The van der Waals surface area contributed by atoms with Crippen LogP contribution >= 0.6 is 69.6 Å². The van der Waals surface area contributed by atoms with Crippen LogP contribution in [0.15, 0.2) is 66.6 Å². The monoisotopic (exact) mass is 795 g/mol. The Hall–Kier alpha value is -3.18. The summed E-state index contributed by atoms with van der Waals surface area (Å²) in [5.74, 6) is 4.44. The molecule has 2 aromatic heterocycles. The van der Waals surface area contributed by atoms with Crippen molar-refractivity contribution >= 4 is 93.5 Å². The van der Waals surface area contributed by atoms with Gasteiger partial charge in [0.1, 0.15) is 17.4 Å². The summed E-state index contributed by atoms with van der Waals surface area (Å²) < 4.78 is 8.20. The summed E-state index contributed by atoms with van der Waals surface area (Å²) in [6, 6.07) is 15.7. The lowest BCUT2D eigenvalue weighted by atomic mass is 10.2. The van der Waals surface area contributed by atoms with E-state index in [9.17, 15) is 0 Å². The topological polar surface area (TPSA) is 99.0 Å². The molecule has 0 spiro atoms. The zero-order valence-corrected chi connectivity index (χ0v) is 32.3. The Labute approximate surface area is 322 Å². The van der Waals surface area contributed by atoms with Crippen molar-refractivity contribution in [3.63, 3.8) is 0 Å². The summed E-state index contributed by atoms with van der Waals surface area (Å²) in [7, 11) is 0. The number of hydrogen-bond acceptors (Lipinski definition) is 9. The molecule has 0 fully saturated rings. The molecule has 0 saturated heterocycles. The lowest BCUT2D eigenvalue weighted by Crippen LogP contribution is -2.19. The Kier molecular flexibility index (Phi) is 14.5. The smallest absolute Gasteiger partial charge is 0.250 e. The molecule has 15 heteroatoms. The first-order valence-corrected chi connectivity index (χ1v) is 18.0. The van der Waals surface area contributed by atoms with Gasteiger partial charge in [0.2, 0.25) is 13.5 Å². The number of anilines is 1. The summed E-state index contributed by atoms with van der Waals surface area (Å²) in [6.07, 6.45) is 12.4. The number of aryl methyl sites for hydroxylation is 2. The number of ether oxygens (including phenoxy) is 2. The minimum absolute atomic E-state index is 0.0945. The molecule has 1 aliphatic heterocycles. The second kappa shape index (κ2) is 18.4. The van der Waals surface area contributed by atoms with Crippen LogP contribution in [-0.2, 0) is 7.59 Å². The van der Waals surface area contributed by atoms with Crippen molar-refractivity contribution in [2.45, 2.75) is 54.5 Å². The van der Waals surface area contributed by atoms with Gasteiger partial charge in [0.05, 0.1) is 12.3 Å². The number of halogens is 6. The van der Waals surface area contributed by atoms with Crippen LogP contribution in [0.2, 0.25) is 0 Å². The molecule has 4 aromatic rings. The number of aromatic nitrogens is 6. The fourth-order valence-corrected chi connectivity index (χ4v) is 5.02. The van der Waals surface area contributed by atoms with Gasteiger partial charge in [-0.1, -0.05) is 126 Å². The molecule has 0 radical (unpaired) electrons. The SMILES string of the molecule is CCCCCOc1ccc(C=Cc2nc(C)nc(C(Cl)(Cl)Cl)n2)cc1.CCN1C(=CC=Cc2nc(C)nc(C(Cl)(Cl)Cl)n2)Oc2ccccc21. The maximum Gasteiger partial charge on any atom is 0.250 e. The lowest BCUT2D eigenvalue weighted by molar-refractivity contribution is 0.306. The number of rotatable bonds is 10. The molecule has 5 rings (SSSR count). The summed E-state index contributed by atoms with van der Waals surface area (Å²) in [5.41, 5.74) is 2.04. The Morgan fingerprint density at radius 2 is 1.32 bits per heavy atom. The number of para-hydroxylation sites is 2. The van der Waals surface area contributed by atoms with Gasteiger partial charge in [0.25, 0.3) is 0 Å². The molecule has 0 bridgehead atoms.